The number of hydrogen-bond acceptors (Lipinski definition) is 3. The first kappa shape index (κ1) is 9.99. The smallest absolute Gasteiger partial charge is 0.333 e. The van der Waals surface area contributed by atoms with E-state index in [9.17, 15) is 4.79 Å². The van der Waals surface area contributed by atoms with E-state index >= 15 is 0 Å². The van der Waals surface area contributed by atoms with E-state index in [1.54, 1.807) is 12.2 Å². The number of ether oxygens (including phenoxy) is 2. The van der Waals surface area contributed by atoms with Gasteiger partial charge in [0, 0.05) is 19.1 Å². The van der Waals surface area contributed by atoms with Crippen molar-refractivity contribution >= 4 is 5.97 Å². The van der Waals surface area contributed by atoms with Gasteiger partial charge in [0.25, 0.3) is 0 Å². The van der Waals surface area contributed by atoms with Crippen LogP contribution in [0.5, 0.6) is 0 Å². The predicted octanol–water partition coefficient (Wildman–Crippen LogP) is 1.80. The Kier molecular flexibility index (Phi) is 3.25. The third kappa shape index (κ3) is 2.42. The van der Waals surface area contributed by atoms with Crippen molar-refractivity contribution in [2.45, 2.75) is 25.6 Å². The molecule has 3 heteroatoms. The summed E-state index contributed by atoms with van der Waals surface area (Å²) in [4.78, 5) is 10.9. The number of esters is 1. The molecule has 1 rings (SSSR count). The van der Waals surface area contributed by atoms with E-state index in [2.05, 4.69) is 6.58 Å². The Morgan fingerprint density at radius 2 is 2.54 bits per heavy atom. The van der Waals surface area contributed by atoms with Crippen LogP contribution < -0.4 is 0 Å². The minimum atomic E-state index is -0.833. The molecule has 3 nitrogen and oxygen atoms in total. The SMILES string of the molecule is C=CCC[C@@]1(OCC)C=CC(=O)O1. The van der Waals surface area contributed by atoms with Crippen molar-refractivity contribution in [1.82, 2.24) is 0 Å². The lowest BCUT2D eigenvalue weighted by Gasteiger charge is -2.25. The molecule has 1 aliphatic heterocycles. The highest BCUT2D eigenvalue weighted by Gasteiger charge is 2.35. The molecule has 0 aromatic heterocycles. The number of rotatable bonds is 5. The summed E-state index contributed by atoms with van der Waals surface area (Å²) in [7, 11) is 0. The van der Waals surface area contributed by atoms with Crippen LogP contribution in [0, 0.1) is 0 Å². The average molecular weight is 182 g/mol. The lowest BCUT2D eigenvalue weighted by atomic mass is 10.1. The van der Waals surface area contributed by atoms with Crippen LogP contribution in [-0.2, 0) is 14.3 Å². The second-order valence-corrected chi connectivity index (χ2v) is 2.83. The van der Waals surface area contributed by atoms with Gasteiger partial charge in [-0.05, 0) is 19.4 Å². The summed E-state index contributed by atoms with van der Waals surface area (Å²) >= 11 is 0. The number of carbonyl (C=O) groups is 1. The van der Waals surface area contributed by atoms with Gasteiger partial charge in [-0.15, -0.1) is 6.58 Å². The maximum Gasteiger partial charge on any atom is 0.333 e. The van der Waals surface area contributed by atoms with Gasteiger partial charge in [0.15, 0.2) is 0 Å². The fourth-order valence-corrected chi connectivity index (χ4v) is 1.26. The van der Waals surface area contributed by atoms with Crippen molar-refractivity contribution < 1.29 is 14.3 Å². The van der Waals surface area contributed by atoms with Gasteiger partial charge < -0.3 is 9.47 Å². The lowest BCUT2D eigenvalue weighted by molar-refractivity contribution is -0.198. The van der Waals surface area contributed by atoms with E-state index < -0.39 is 5.79 Å². The van der Waals surface area contributed by atoms with E-state index in [4.69, 9.17) is 9.47 Å². The number of carbonyl (C=O) groups excluding carboxylic acids is 1. The fraction of sp³-hybridized carbons (Fsp3) is 0.500. The molecule has 0 saturated heterocycles. The third-order valence-corrected chi connectivity index (χ3v) is 1.83. The van der Waals surface area contributed by atoms with Crippen LogP contribution in [0.1, 0.15) is 19.8 Å². The molecule has 0 bridgehead atoms. The standard InChI is InChI=1S/C10H14O3/c1-3-5-7-10(12-4-2)8-6-9(11)13-10/h3,6,8H,1,4-5,7H2,2H3/t10-/m0/s1. The zero-order valence-corrected chi connectivity index (χ0v) is 7.79. The zero-order valence-electron chi connectivity index (χ0n) is 7.79. The molecule has 13 heavy (non-hydrogen) atoms. The van der Waals surface area contributed by atoms with Gasteiger partial charge in [-0.2, -0.15) is 0 Å². The van der Waals surface area contributed by atoms with Crippen LogP contribution in [0.3, 0.4) is 0 Å². The molecule has 0 aromatic carbocycles. The monoisotopic (exact) mass is 182 g/mol. The van der Waals surface area contributed by atoms with Crippen LogP contribution in [0.4, 0.5) is 0 Å². The molecule has 0 aliphatic carbocycles. The molecule has 0 fully saturated rings. The third-order valence-electron chi connectivity index (χ3n) is 1.83. The summed E-state index contributed by atoms with van der Waals surface area (Å²) in [5.74, 6) is -1.17. The first-order valence-corrected chi connectivity index (χ1v) is 4.39. The summed E-state index contributed by atoms with van der Waals surface area (Å²) in [6.45, 7) is 6.01. The van der Waals surface area contributed by atoms with Crippen LogP contribution >= 0.6 is 0 Å². The molecular formula is C10H14O3. The summed E-state index contributed by atoms with van der Waals surface area (Å²) in [6, 6.07) is 0. The van der Waals surface area contributed by atoms with Crippen molar-refractivity contribution in [2.24, 2.45) is 0 Å². The van der Waals surface area contributed by atoms with Gasteiger partial charge in [0.05, 0.1) is 0 Å². The van der Waals surface area contributed by atoms with Crippen molar-refractivity contribution in [1.29, 1.82) is 0 Å². The summed E-state index contributed by atoms with van der Waals surface area (Å²) in [6.07, 6.45) is 6.24. The highest BCUT2D eigenvalue weighted by atomic mass is 16.7. The van der Waals surface area contributed by atoms with E-state index in [-0.39, 0.29) is 5.97 Å². The summed E-state index contributed by atoms with van der Waals surface area (Å²) in [5.41, 5.74) is 0. The highest BCUT2D eigenvalue weighted by Crippen LogP contribution is 2.26. The maximum atomic E-state index is 10.9. The second-order valence-electron chi connectivity index (χ2n) is 2.83. The average Bonchev–Trinajstić information content (AvgIpc) is 2.46. The van der Waals surface area contributed by atoms with Crippen LogP contribution in [0.15, 0.2) is 24.8 Å². The Bertz CT molecular complexity index is 232. The molecule has 1 atom stereocenters. The van der Waals surface area contributed by atoms with Crippen LogP contribution in [0.25, 0.3) is 0 Å². The Balaban J connectivity index is 2.59. The van der Waals surface area contributed by atoms with Crippen molar-refractivity contribution in [3.63, 3.8) is 0 Å². The molecule has 1 heterocycles. The van der Waals surface area contributed by atoms with E-state index in [1.807, 2.05) is 6.92 Å². The normalized spacial score (nSPS) is 26.1. The van der Waals surface area contributed by atoms with E-state index in [0.717, 1.165) is 6.42 Å². The summed E-state index contributed by atoms with van der Waals surface area (Å²) < 4.78 is 10.5. The number of cyclic esters (lactones) is 1. The maximum absolute atomic E-state index is 10.9. The van der Waals surface area contributed by atoms with E-state index in [1.165, 1.54) is 6.08 Å². The van der Waals surface area contributed by atoms with Gasteiger partial charge in [0.1, 0.15) is 0 Å². The van der Waals surface area contributed by atoms with Crippen LogP contribution in [-0.4, -0.2) is 18.4 Å². The molecule has 0 radical (unpaired) electrons. The molecule has 72 valence electrons. The molecule has 0 amide bonds. The second kappa shape index (κ2) is 4.23. The van der Waals surface area contributed by atoms with Crippen molar-refractivity contribution in [3.8, 4) is 0 Å². The molecule has 1 aliphatic rings. The first-order valence-electron chi connectivity index (χ1n) is 4.39. The van der Waals surface area contributed by atoms with Crippen molar-refractivity contribution in [3.05, 3.63) is 24.8 Å². The number of hydrogen-bond donors (Lipinski definition) is 0. The Morgan fingerprint density at radius 1 is 1.77 bits per heavy atom. The predicted molar refractivity (Wildman–Crippen MR) is 49.0 cm³/mol. The molecule has 0 unspecified atom stereocenters. The fourth-order valence-electron chi connectivity index (χ4n) is 1.26. The Morgan fingerprint density at radius 3 is 3.00 bits per heavy atom. The topological polar surface area (TPSA) is 35.5 Å². The molecule has 0 aromatic rings. The molecule has 0 saturated carbocycles. The lowest BCUT2D eigenvalue weighted by Crippen LogP contribution is -2.31. The highest BCUT2D eigenvalue weighted by molar-refractivity contribution is 5.84. The van der Waals surface area contributed by atoms with Gasteiger partial charge in [-0.25, -0.2) is 4.79 Å². The summed E-state index contributed by atoms with van der Waals surface area (Å²) in [5, 5.41) is 0. The zero-order chi connectivity index (χ0) is 9.73. The van der Waals surface area contributed by atoms with Gasteiger partial charge >= 0.3 is 5.97 Å². The minimum absolute atomic E-state index is 0.336. The minimum Gasteiger partial charge on any atom is -0.426 e. The Labute approximate surface area is 78.0 Å². The van der Waals surface area contributed by atoms with Crippen LogP contribution in [0.2, 0.25) is 0 Å². The first-order chi connectivity index (χ1) is 6.22. The molecule has 0 N–H and O–H groups in total. The quantitative estimate of drug-likeness (QED) is 0.480. The van der Waals surface area contributed by atoms with Gasteiger partial charge in [0.2, 0.25) is 5.79 Å². The largest absolute Gasteiger partial charge is 0.426 e. The van der Waals surface area contributed by atoms with Gasteiger partial charge in [-0.1, -0.05) is 6.08 Å². The number of allylic oxidation sites excluding steroid dienone is 1. The molecule has 0 spiro atoms. The Hall–Kier alpha value is -1.09. The van der Waals surface area contributed by atoms with Gasteiger partial charge in [-0.3, -0.25) is 0 Å². The van der Waals surface area contributed by atoms with E-state index in [0.29, 0.717) is 13.0 Å². The molecular weight excluding hydrogens is 168 g/mol. The van der Waals surface area contributed by atoms with Crippen molar-refractivity contribution in [2.75, 3.05) is 6.61 Å².